The van der Waals surface area contributed by atoms with Gasteiger partial charge in [-0.05, 0) is 45.9 Å². The van der Waals surface area contributed by atoms with Crippen molar-refractivity contribution in [1.29, 1.82) is 0 Å². The molecule has 0 radical (unpaired) electrons. The standard InChI is InChI=1S/C15H13IO2/c16-14-8-4-7-13(9-14)10-15(17)18-11-12-5-2-1-3-6-12/h1-9H,10-11H2. The molecule has 2 rings (SSSR count). The van der Waals surface area contributed by atoms with Crippen LogP contribution in [0.15, 0.2) is 54.6 Å². The van der Waals surface area contributed by atoms with Crippen LogP contribution in [0.3, 0.4) is 0 Å². The second kappa shape index (κ2) is 6.54. The Kier molecular flexibility index (Phi) is 4.75. The van der Waals surface area contributed by atoms with Gasteiger partial charge in [0, 0.05) is 3.57 Å². The number of hydrogen-bond donors (Lipinski definition) is 0. The summed E-state index contributed by atoms with van der Waals surface area (Å²) in [6.45, 7) is 0.337. The predicted octanol–water partition coefficient (Wildman–Crippen LogP) is 3.58. The summed E-state index contributed by atoms with van der Waals surface area (Å²) >= 11 is 2.23. The van der Waals surface area contributed by atoms with Crippen LogP contribution in [0.25, 0.3) is 0 Å². The van der Waals surface area contributed by atoms with Gasteiger partial charge in [-0.2, -0.15) is 0 Å². The van der Waals surface area contributed by atoms with E-state index in [4.69, 9.17) is 4.74 Å². The number of carbonyl (C=O) groups excluding carboxylic acids is 1. The monoisotopic (exact) mass is 352 g/mol. The molecule has 0 spiro atoms. The van der Waals surface area contributed by atoms with Gasteiger partial charge in [0.1, 0.15) is 6.61 Å². The largest absolute Gasteiger partial charge is 0.461 e. The summed E-state index contributed by atoms with van der Waals surface area (Å²) in [6.07, 6.45) is 0.323. The average Bonchev–Trinajstić information content (AvgIpc) is 2.38. The van der Waals surface area contributed by atoms with Crippen molar-refractivity contribution in [2.75, 3.05) is 0 Å². The van der Waals surface area contributed by atoms with Crippen LogP contribution in [-0.2, 0) is 22.6 Å². The number of hydrogen-bond acceptors (Lipinski definition) is 2. The Hall–Kier alpha value is -1.36. The Morgan fingerprint density at radius 2 is 1.72 bits per heavy atom. The smallest absolute Gasteiger partial charge is 0.310 e. The molecule has 0 saturated carbocycles. The lowest BCUT2D eigenvalue weighted by atomic mass is 10.1. The lowest BCUT2D eigenvalue weighted by Gasteiger charge is -2.05. The number of benzene rings is 2. The molecule has 2 nitrogen and oxygen atoms in total. The van der Waals surface area contributed by atoms with Crippen LogP contribution in [0, 0.1) is 3.57 Å². The highest BCUT2D eigenvalue weighted by atomic mass is 127. The highest BCUT2D eigenvalue weighted by Crippen LogP contribution is 2.09. The quantitative estimate of drug-likeness (QED) is 0.621. The average molecular weight is 352 g/mol. The molecule has 0 atom stereocenters. The van der Waals surface area contributed by atoms with Crippen molar-refractivity contribution in [3.63, 3.8) is 0 Å². The predicted molar refractivity (Wildman–Crippen MR) is 79.1 cm³/mol. The fourth-order valence-corrected chi connectivity index (χ4v) is 2.21. The van der Waals surface area contributed by atoms with Crippen LogP contribution in [0.1, 0.15) is 11.1 Å². The summed E-state index contributed by atoms with van der Waals surface area (Å²) in [4.78, 5) is 11.7. The van der Waals surface area contributed by atoms with E-state index in [0.717, 1.165) is 14.7 Å². The molecule has 0 unspecified atom stereocenters. The molecule has 0 aliphatic rings. The maximum Gasteiger partial charge on any atom is 0.310 e. The zero-order valence-electron chi connectivity index (χ0n) is 9.80. The molecule has 0 aromatic heterocycles. The summed E-state index contributed by atoms with van der Waals surface area (Å²) in [5, 5.41) is 0. The van der Waals surface area contributed by atoms with Gasteiger partial charge in [-0.3, -0.25) is 4.79 Å². The number of carbonyl (C=O) groups is 1. The van der Waals surface area contributed by atoms with Gasteiger partial charge in [-0.25, -0.2) is 0 Å². The van der Waals surface area contributed by atoms with Gasteiger partial charge in [0.2, 0.25) is 0 Å². The highest BCUT2D eigenvalue weighted by Gasteiger charge is 2.05. The normalized spacial score (nSPS) is 10.1. The lowest BCUT2D eigenvalue weighted by Crippen LogP contribution is -2.08. The van der Waals surface area contributed by atoms with E-state index in [0.29, 0.717) is 13.0 Å². The minimum Gasteiger partial charge on any atom is -0.461 e. The summed E-state index contributed by atoms with van der Waals surface area (Å²) in [5.74, 6) is -0.194. The van der Waals surface area contributed by atoms with Crippen LogP contribution in [0.5, 0.6) is 0 Å². The van der Waals surface area contributed by atoms with Gasteiger partial charge in [-0.1, -0.05) is 42.5 Å². The molecule has 0 fully saturated rings. The van der Waals surface area contributed by atoms with E-state index in [9.17, 15) is 4.79 Å². The molecule has 18 heavy (non-hydrogen) atoms. The van der Waals surface area contributed by atoms with Gasteiger partial charge >= 0.3 is 5.97 Å². The van der Waals surface area contributed by atoms with Crippen molar-refractivity contribution in [2.45, 2.75) is 13.0 Å². The fourth-order valence-electron chi connectivity index (χ4n) is 1.60. The Bertz CT molecular complexity index is 523. The lowest BCUT2D eigenvalue weighted by molar-refractivity contribution is -0.144. The SMILES string of the molecule is O=C(Cc1cccc(I)c1)OCc1ccccc1. The van der Waals surface area contributed by atoms with E-state index in [1.807, 2.05) is 54.6 Å². The Labute approximate surface area is 120 Å². The summed E-state index contributed by atoms with van der Waals surface area (Å²) in [6, 6.07) is 17.6. The Morgan fingerprint density at radius 1 is 1.00 bits per heavy atom. The number of esters is 1. The molecule has 0 bridgehead atoms. The molecule has 0 aliphatic heterocycles. The van der Waals surface area contributed by atoms with E-state index in [1.54, 1.807) is 0 Å². The first kappa shape index (κ1) is 13.1. The second-order valence-corrected chi connectivity index (χ2v) is 5.20. The van der Waals surface area contributed by atoms with Gasteiger partial charge in [-0.15, -0.1) is 0 Å². The van der Waals surface area contributed by atoms with Crippen LogP contribution in [0.4, 0.5) is 0 Å². The van der Waals surface area contributed by atoms with Crippen LogP contribution < -0.4 is 0 Å². The number of ether oxygens (including phenoxy) is 1. The van der Waals surface area contributed by atoms with Crippen LogP contribution >= 0.6 is 22.6 Å². The molecular weight excluding hydrogens is 339 g/mol. The molecule has 0 amide bonds. The van der Waals surface area contributed by atoms with Gasteiger partial charge in [0.05, 0.1) is 6.42 Å². The molecule has 92 valence electrons. The molecule has 0 aliphatic carbocycles. The maximum absolute atomic E-state index is 11.7. The zero-order chi connectivity index (χ0) is 12.8. The van der Waals surface area contributed by atoms with Crippen molar-refractivity contribution in [1.82, 2.24) is 0 Å². The number of halogens is 1. The van der Waals surface area contributed by atoms with Crippen molar-refractivity contribution < 1.29 is 9.53 Å². The van der Waals surface area contributed by atoms with E-state index in [2.05, 4.69) is 22.6 Å². The number of rotatable bonds is 4. The minimum absolute atomic E-state index is 0.194. The van der Waals surface area contributed by atoms with Crippen molar-refractivity contribution in [3.8, 4) is 0 Å². The zero-order valence-corrected chi connectivity index (χ0v) is 12.0. The van der Waals surface area contributed by atoms with Crippen LogP contribution in [0.2, 0.25) is 0 Å². The van der Waals surface area contributed by atoms with Gasteiger partial charge in [0.25, 0.3) is 0 Å². The Balaban J connectivity index is 1.86. The third-order valence-corrected chi connectivity index (χ3v) is 3.15. The molecule has 3 heteroatoms. The van der Waals surface area contributed by atoms with E-state index in [-0.39, 0.29) is 5.97 Å². The second-order valence-electron chi connectivity index (χ2n) is 3.95. The summed E-state index contributed by atoms with van der Waals surface area (Å²) < 4.78 is 6.36. The summed E-state index contributed by atoms with van der Waals surface area (Å²) in [5.41, 5.74) is 1.99. The topological polar surface area (TPSA) is 26.3 Å². The molecule has 2 aromatic rings. The first-order valence-corrected chi connectivity index (χ1v) is 6.76. The molecule has 0 heterocycles. The molecule has 0 N–H and O–H groups in total. The molecule has 2 aromatic carbocycles. The van der Waals surface area contributed by atoms with E-state index >= 15 is 0 Å². The van der Waals surface area contributed by atoms with Crippen LogP contribution in [-0.4, -0.2) is 5.97 Å². The highest BCUT2D eigenvalue weighted by molar-refractivity contribution is 14.1. The van der Waals surface area contributed by atoms with Crippen molar-refractivity contribution in [3.05, 3.63) is 69.3 Å². The summed E-state index contributed by atoms with van der Waals surface area (Å²) in [7, 11) is 0. The Morgan fingerprint density at radius 3 is 2.44 bits per heavy atom. The molecular formula is C15H13IO2. The first-order chi connectivity index (χ1) is 8.74. The molecule has 0 saturated heterocycles. The fraction of sp³-hybridized carbons (Fsp3) is 0.133. The van der Waals surface area contributed by atoms with Gasteiger partial charge in [0.15, 0.2) is 0 Å². The van der Waals surface area contributed by atoms with E-state index in [1.165, 1.54) is 0 Å². The maximum atomic E-state index is 11.7. The first-order valence-electron chi connectivity index (χ1n) is 5.68. The van der Waals surface area contributed by atoms with Crippen molar-refractivity contribution >= 4 is 28.6 Å². The van der Waals surface area contributed by atoms with Crippen molar-refractivity contribution in [2.24, 2.45) is 0 Å². The minimum atomic E-state index is -0.194. The van der Waals surface area contributed by atoms with E-state index < -0.39 is 0 Å². The third-order valence-electron chi connectivity index (χ3n) is 2.48. The third kappa shape index (κ3) is 4.14. The van der Waals surface area contributed by atoms with Gasteiger partial charge < -0.3 is 4.74 Å².